The van der Waals surface area contributed by atoms with Crippen molar-refractivity contribution < 1.29 is 9.47 Å². The highest BCUT2D eigenvalue weighted by Crippen LogP contribution is 2.29. The van der Waals surface area contributed by atoms with Gasteiger partial charge >= 0.3 is 0 Å². The minimum atomic E-state index is 0.377. The Kier molecular flexibility index (Phi) is 5.77. The topological polar surface area (TPSA) is 68.6 Å². The number of nitrogens with zero attached hydrogens (tertiary/aromatic N) is 3. The summed E-state index contributed by atoms with van der Waals surface area (Å²) < 4.78 is 10.6. The van der Waals surface area contributed by atoms with Crippen molar-refractivity contribution in [2.75, 3.05) is 19.6 Å². The second-order valence-electron chi connectivity index (χ2n) is 6.40. The number of hydrogen-bond acceptors (Lipinski definition) is 6. The molecule has 0 spiro atoms. The van der Waals surface area contributed by atoms with E-state index in [4.69, 9.17) is 21.1 Å². The van der Waals surface area contributed by atoms with Crippen LogP contribution in [0, 0.1) is 0 Å². The monoisotopic (exact) mass is 418 g/mol. The van der Waals surface area contributed by atoms with Gasteiger partial charge in [0.15, 0.2) is 0 Å². The van der Waals surface area contributed by atoms with Crippen molar-refractivity contribution in [2.45, 2.75) is 0 Å². The summed E-state index contributed by atoms with van der Waals surface area (Å²) in [6.07, 6.45) is 1.64. The van der Waals surface area contributed by atoms with Crippen LogP contribution >= 0.6 is 11.6 Å². The van der Waals surface area contributed by atoms with Crippen molar-refractivity contribution in [3.8, 4) is 22.8 Å². The first-order chi connectivity index (χ1) is 14.7. The molecule has 4 aromatic rings. The Labute approximate surface area is 179 Å². The number of aromatic nitrogens is 2. The van der Waals surface area contributed by atoms with Gasteiger partial charge in [-0.2, -0.15) is 5.10 Å². The molecule has 0 bridgehead atoms. The van der Waals surface area contributed by atoms with Gasteiger partial charge in [0.05, 0.1) is 31.6 Å². The molecule has 7 heteroatoms. The summed E-state index contributed by atoms with van der Waals surface area (Å²) in [6.45, 7) is 0. The van der Waals surface area contributed by atoms with Crippen LogP contribution in [0.3, 0.4) is 0 Å². The Morgan fingerprint density at radius 3 is 2.53 bits per heavy atom. The summed E-state index contributed by atoms with van der Waals surface area (Å²) >= 11 is 6.21. The van der Waals surface area contributed by atoms with Gasteiger partial charge in [0, 0.05) is 21.5 Å². The van der Waals surface area contributed by atoms with Gasteiger partial charge in [0.1, 0.15) is 11.5 Å². The maximum Gasteiger partial charge on any atom is 0.244 e. The molecule has 0 saturated carbocycles. The zero-order valence-corrected chi connectivity index (χ0v) is 17.2. The van der Waals surface area contributed by atoms with Crippen LogP contribution in [0.25, 0.3) is 22.2 Å². The molecule has 1 N–H and O–H groups in total. The number of rotatable bonds is 6. The van der Waals surface area contributed by atoms with E-state index in [1.165, 1.54) is 0 Å². The van der Waals surface area contributed by atoms with Crippen molar-refractivity contribution in [1.29, 1.82) is 0 Å². The Balaban J connectivity index is 1.70. The average Bonchev–Trinajstić information content (AvgIpc) is 2.79. The largest absolute Gasteiger partial charge is 0.497 e. The molecular weight excluding hydrogens is 400 g/mol. The Bertz CT molecular complexity index is 1210. The van der Waals surface area contributed by atoms with E-state index in [-0.39, 0.29) is 0 Å². The number of methoxy groups -OCH3 is 2. The first-order valence-electron chi connectivity index (χ1n) is 9.22. The Morgan fingerprint density at radius 1 is 0.933 bits per heavy atom. The number of hydrazone groups is 1. The van der Waals surface area contributed by atoms with Gasteiger partial charge in [0.25, 0.3) is 0 Å². The summed E-state index contributed by atoms with van der Waals surface area (Å²) in [5.41, 5.74) is 6.19. The molecule has 1 heterocycles. The number of benzene rings is 3. The third-order valence-electron chi connectivity index (χ3n) is 4.51. The first kappa shape index (κ1) is 19.7. The van der Waals surface area contributed by atoms with Gasteiger partial charge in [0.2, 0.25) is 5.95 Å². The fraction of sp³-hybridized carbons (Fsp3) is 0.0870. The third kappa shape index (κ3) is 4.18. The number of fused-ring (bicyclic) bond motifs is 1. The Morgan fingerprint density at radius 2 is 1.77 bits per heavy atom. The van der Waals surface area contributed by atoms with E-state index in [0.717, 1.165) is 27.7 Å². The number of ether oxygens (including phenoxy) is 2. The Hall–Kier alpha value is -3.64. The van der Waals surface area contributed by atoms with E-state index in [0.29, 0.717) is 22.5 Å². The van der Waals surface area contributed by atoms with E-state index in [1.807, 2.05) is 60.7 Å². The van der Waals surface area contributed by atoms with Crippen molar-refractivity contribution in [3.05, 3.63) is 77.3 Å². The van der Waals surface area contributed by atoms with Crippen LogP contribution < -0.4 is 14.9 Å². The van der Waals surface area contributed by atoms with E-state index in [9.17, 15) is 0 Å². The number of halogens is 1. The molecule has 0 aliphatic rings. The van der Waals surface area contributed by atoms with Gasteiger partial charge in [-0.15, -0.1) is 0 Å². The second-order valence-corrected chi connectivity index (χ2v) is 6.84. The average molecular weight is 419 g/mol. The maximum atomic E-state index is 6.21. The molecule has 30 heavy (non-hydrogen) atoms. The molecule has 4 rings (SSSR count). The molecule has 0 aliphatic heterocycles. The van der Waals surface area contributed by atoms with Crippen LogP contribution in [0.5, 0.6) is 11.5 Å². The SMILES string of the molecule is COc1ccc(OC)c(/C=N\Nc2nc(-c3ccccc3)c3cc(Cl)ccc3n2)c1. The lowest BCUT2D eigenvalue weighted by atomic mass is 10.1. The molecule has 0 fully saturated rings. The quantitative estimate of drug-likeness (QED) is 0.335. The predicted octanol–water partition coefficient (Wildman–Crippen LogP) is 5.41. The zero-order valence-electron chi connectivity index (χ0n) is 16.5. The summed E-state index contributed by atoms with van der Waals surface area (Å²) in [5.74, 6) is 1.77. The van der Waals surface area contributed by atoms with Crippen molar-refractivity contribution >= 4 is 34.7 Å². The summed E-state index contributed by atoms with van der Waals surface area (Å²) in [4.78, 5) is 9.23. The standard InChI is InChI=1S/C23H19ClN4O2/c1-29-18-9-11-21(30-2)16(12-18)14-25-28-23-26-20-10-8-17(24)13-19(20)22(27-23)15-6-4-3-5-7-15/h3-14H,1-2H3,(H,26,27,28)/b25-14-. The summed E-state index contributed by atoms with van der Waals surface area (Å²) in [5, 5.41) is 5.80. The molecule has 3 aromatic carbocycles. The molecule has 0 amide bonds. The molecular formula is C23H19ClN4O2. The predicted molar refractivity (Wildman–Crippen MR) is 121 cm³/mol. The fourth-order valence-electron chi connectivity index (χ4n) is 3.07. The minimum absolute atomic E-state index is 0.377. The van der Waals surface area contributed by atoms with Crippen LogP contribution in [0.2, 0.25) is 5.02 Å². The van der Waals surface area contributed by atoms with Crippen LogP contribution in [0.15, 0.2) is 71.8 Å². The third-order valence-corrected chi connectivity index (χ3v) is 4.75. The van der Waals surface area contributed by atoms with Gasteiger partial charge in [-0.1, -0.05) is 41.9 Å². The fourth-order valence-corrected chi connectivity index (χ4v) is 3.24. The van der Waals surface area contributed by atoms with E-state index >= 15 is 0 Å². The lowest BCUT2D eigenvalue weighted by molar-refractivity contribution is 0.402. The zero-order chi connectivity index (χ0) is 20.9. The van der Waals surface area contributed by atoms with Gasteiger partial charge in [-0.05, 0) is 36.4 Å². The van der Waals surface area contributed by atoms with Gasteiger partial charge < -0.3 is 9.47 Å². The lowest BCUT2D eigenvalue weighted by Gasteiger charge is -2.09. The molecule has 0 radical (unpaired) electrons. The normalized spacial score (nSPS) is 11.0. The summed E-state index contributed by atoms with van der Waals surface area (Å²) in [6, 6.07) is 20.9. The van der Waals surface area contributed by atoms with Gasteiger partial charge in [-0.3, -0.25) is 0 Å². The molecule has 6 nitrogen and oxygen atoms in total. The van der Waals surface area contributed by atoms with Crippen molar-refractivity contribution in [2.24, 2.45) is 5.10 Å². The number of nitrogens with one attached hydrogen (secondary N) is 1. The molecule has 0 unspecified atom stereocenters. The van der Waals surface area contributed by atoms with Crippen LogP contribution in [-0.2, 0) is 0 Å². The number of hydrogen-bond donors (Lipinski definition) is 1. The molecule has 0 atom stereocenters. The number of anilines is 1. The lowest BCUT2D eigenvalue weighted by Crippen LogP contribution is -2.00. The summed E-state index contributed by atoms with van der Waals surface area (Å²) in [7, 11) is 3.22. The van der Waals surface area contributed by atoms with E-state index in [2.05, 4.69) is 20.5 Å². The molecule has 0 saturated heterocycles. The van der Waals surface area contributed by atoms with E-state index in [1.54, 1.807) is 26.5 Å². The highest BCUT2D eigenvalue weighted by molar-refractivity contribution is 6.31. The van der Waals surface area contributed by atoms with Crippen LogP contribution in [0.4, 0.5) is 5.95 Å². The van der Waals surface area contributed by atoms with Crippen molar-refractivity contribution in [3.63, 3.8) is 0 Å². The molecule has 1 aromatic heterocycles. The second kappa shape index (κ2) is 8.80. The van der Waals surface area contributed by atoms with Crippen LogP contribution in [0.1, 0.15) is 5.56 Å². The van der Waals surface area contributed by atoms with Crippen LogP contribution in [-0.4, -0.2) is 30.4 Å². The van der Waals surface area contributed by atoms with Crippen molar-refractivity contribution in [1.82, 2.24) is 9.97 Å². The maximum absolute atomic E-state index is 6.21. The molecule has 0 aliphatic carbocycles. The molecule has 150 valence electrons. The smallest absolute Gasteiger partial charge is 0.244 e. The first-order valence-corrected chi connectivity index (χ1v) is 9.59. The van der Waals surface area contributed by atoms with E-state index < -0.39 is 0 Å². The highest BCUT2D eigenvalue weighted by atomic mass is 35.5. The highest BCUT2D eigenvalue weighted by Gasteiger charge is 2.10. The van der Waals surface area contributed by atoms with Gasteiger partial charge in [-0.25, -0.2) is 15.4 Å². The minimum Gasteiger partial charge on any atom is -0.497 e.